The minimum absolute atomic E-state index is 0.672. The highest BCUT2D eigenvalue weighted by molar-refractivity contribution is 4.98. The third-order valence-electron chi connectivity index (χ3n) is 1.44. The van der Waals surface area contributed by atoms with Gasteiger partial charge in [-0.2, -0.15) is 0 Å². The molecule has 0 aromatic carbocycles. The molecule has 2 N–H and O–H groups in total. The molecule has 1 aliphatic rings. The van der Waals surface area contributed by atoms with Crippen LogP contribution < -0.4 is 10.6 Å². The second-order valence-corrected chi connectivity index (χ2v) is 2.16. The molecule has 0 saturated carbocycles. The highest BCUT2D eigenvalue weighted by atomic mass is 15.1. The average molecular weight is 124 g/mol. The maximum absolute atomic E-state index is 3.28. The van der Waals surface area contributed by atoms with Gasteiger partial charge in [0, 0.05) is 19.1 Å². The van der Waals surface area contributed by atoms with Gasteiger partial charge in [-0.3, -0.25) is 0 Å². The molecule has 50 valence electrons. The van der Waals surface area contributed by atoms with Crippen molar-refractivity contribution in [3.05, 3.63) is 0 Å². The molecular weight excluding hydrogens is 112 g/mol. The molecular formula is C7H12N2. The van der Waals surface area contributed by atoms with Gasteiger partial charge in [0.1, 0.15) is 0 Å². The monoisotopic (exact) mass is 124 g/mol. The molecule has 0 aromatic heterocycles. The Kier molecular flexibility index (Phi) is 2.56. The molecule has 0 atom stereocenters. The van der Waals surface area contributed by atoms with Crippen LogP contribution >= 0.6 is 0 Å². The summed E-state index contributed by atoms with van der Waals surface area (Å²) in [7, 11) is 0. The molecule has 2 heteroatoms. The van der Waals surface area contributed by atoms with Crippen LogP contribution in [0.4, 0.5) is 0 Å². The van der Waals surface area contributed by atoms with Gasteiger partial charge in [-0.1, -0.05) is 5.92 Å². The zero-order valence-electron chi connectivity index (χ0n) is 5.70. The van der Waals surface area contributed by atoms with Gasteiger partial charge in [0.05, 0.1) is 6.54 Å². The zero-order valence-corrected chi connectivity index (χ0v) is 5.70. The van der Waals surface area contributed by atoms with E-state index < -0.39 is 0 Å². The Labute approximate surface area is 56.0 Å². The van der Waals surface area contributed by atoms with Crippen LogP contribution in [-0.4, -0.2) is 25.7 Å². The maximum atomic E-state index is 3.28. The molecule has 0 aromatic rings. The summed E-state index contributed by atoms with van der Waals surface area (Å²) in [5, 5.41) is 6.46. The van der Waals surface area contributed by atoms with Crippen molar-refractivity contribution in [2.75, 3.05) is 19.6 Å². The van der Waals surface area contributed by atoms with Crippen molar-refractivity contribution < 1.29 is 0 Å². The molecule has 1 fully saturated rings. The molecule has 0 unspecified atom stereocenters. The molecule has 1 aliphatic heterocycles. The lowest BCUT2D eigenvalue weighted by Gasteiger charge is -2.27. The van der Waals surface area contributed by atoms with Crippen molar-refractivity contribution in [3.63, 3.8) is 0 Å². The van der Waals surface area contributed by atoms with Gasteiger partial charge in [0.25, 0.3) is 0 Å². The Morgan fingerprint density at radius 2 is 2.44 bits per heavy atom. The topological polar surface area (TPSA) is 24.1 Å². The smallest absolute Gasteiger partial charge is 0.0579 e. The van der Waals surface area contributed by atoms with Crippen LogP contribution in [0.25, 0.3) is 0 Å². The Hall–Kier alpha value is -0.520. The molecule has 1 heterocycles. The Balaban J connectivity index is 1.95. The van der Waals surface area contributed by atoms with E-state index in [0.717, 1.165) is 19.6 Å². The normalized spacial score (nSPS) is 17.9. The van der Waals surface area contributed by atoms with Gasteiger partial charge in [0.15, 0.2) is 0 Å². The fraction of sp³-hybridized carbons (Fsp3) is 0.714. The molecule has 9 heavy (non-hydrogen) atoms. The van der Waals surface area contributed by atoms with E-state index in [1.165, 1.54) is 0 Å². The number of hydrogen-bond donors (Lipinski definition) is 2. The summed E-state index contributed by atoms with van der Waals surface area (Å²) in [6.45, 7) is 4.90. The predicted octanol–water partition coefficient (Wildman–Crippen LogP) is -0.429. The van der Waals surface area contributed by atoms with Crippen LogP contribution in [0, 0.1) is 11.8 Å². The molecule has 0 amide bonds. The minimum atomic E-state index is 0.672. The second-order valence-electron chi connectivity index (χ2n) is 2.16. The lowest BCUT2D eigenvalue weighted by Crippen LogP contribution is -2.55. The van der Waals surface area contributed by atoms with E-state index in [4.69, 9.17) is 0 Å². The minimum Gasteiger partial charge on any atom is -0.314 e. The van der Waals surface area contributed by atoms with E-state index in [-0.39, 0.29) is 0 Å². The van der Waals surface area contributed by atoms with E-state index >= 15 is 0 Å². The van der Waals surface area contributed by atoms with Crippen LogP contribution in [0.1, 0.15) is 6.92 Å². The fourth-order valence-corrected chi connectivity index (χ4v) is 0.717. The fourth-order valence-electron chi connectivity index (χ4n) is 0.717. The first-order valence-corrected chi connectivity index (χ1v) is 3.27. The quantitative estimate of drug-likeness (QED) is 0.488. The lowest BCUT2D eigenvalue weighted by molar-refractivity contribution is 0.381. The predicted molar refractivity (Wildman–Crippen MR) is 38.1 cm³/mol. The number of nitrogens with one attached hydrogen (secondary N) is 2. The van der Waals surface area contributed by atoms with E-state index in [2.05, 4.69) is 22.5 Å². The van der Waals surface area contributed by atoms with E-state index in [1.54, 1.807) is 0 Å². The molecule has 2 nitrogen and oxygen atoms in total. The highest BCUT2D eigenvalue weighted by Gasteiger charge is 2.13. The summed E-state index contributed by atoms with van der Waals surface area (Å²) >= 11 is 0. The summed E-state index contributed by atoms with van der Waals surface area (Å²) < 4.78 is 0. The largest absolute Gasteiger partial charge is 0.314 e. The third-order valence-corrected chi connectivity index (χ3v) is 1.44. The SMILES string of the molecule is CC#CCNC1CNC1. The first-order valence-electron chi connectivity index (χ1n) is 3.27. The molecule has 0 radical (unpaired) electrons. The molecule has 1 rings (SSSR count). The van der Waals surface area contributed by atoms with Gasteiger partial charge >= 0.3 is 0 Å². The van der Waals surface area contributed by atoms with Crippen molar-refractivity contribution >= 4 is 0 Å². The van der Waals surface area contributed by atoms with Gasteiger partial charge in [-0.05, 0) is 6.92 Å². The lowest BCUT2D eigenvalue weighted by atomic mass is 10.2. The number of rotatable bonds is 2. The van der Waals surface area contributed by atoms with E-state index in [1.807, 2.05) is 6.92 Å². The van der Waals surface area contributed by atoms with Crippen LogP contribution in [0.2, 0.25) is 0 Å². The summed E-state index contributed by atoms with van der Waals surface area (Å²) in [6.07, 6.45) is 0. The Morgan fingerprint density at radius 3 is 2.89 bits per heavy atom. The first kappa shape index (κ1) is 6.60. The van der Waals surface area contributed by atoms with Crippen LogP contribution in [0.3, 0.4) is 0 Å². The van der Waals surface area contributed by atoms with Gasteiger partial charge in [-0.25, -0.2) is 0 Å². The summed E-state index contributed by atoms with van der Waals surface area (Å²) in [5.41, 5.74) is 0. The van der Waals surface area contributed by atoms with Crippen molar-refractivity contribution in [1.82, 2.24) is 10.6 Å². The van der Waals surface area contributed by atoms with Gasteiger partial charge in [0.2, 0.25) is 0 Å². The van der Waals surface area contributed by atoms with Gasteiger partial charge < -0.3 is 10.6 Å². The highest BCUT2D eigenvalue weighted by Crippen LogP contribution is 1.87. The van der Waals surface area contributed by atoms with Crippen molar-refractivity contribution in [2.45, 2.75) is 13.0 Å². The summed E-state index contributed by atoms with van der Waals surface area (Å²) in [6, 6.07) is 0.672. The van der Waals surface area contributed by atoms with Crippen molar-refractivity contribution in [3.8, 4) is 11.8 Å². The molecule has 0 spiro atoms. The Morgan fingerprint density at radius 1 is 1.67 bits per heavy atom. The van der Waals surface area contributed by atoms with E-state index in [9.17, 15) is 0 Å². The van der Waals surface area contributed by atoms with Crippen molar-refractivity contribution in [1.29, 1.82) is 0 Å². The average Bonchev–Trinajstić information content (AvgIpc) is 1.76. The summed E-state index contributed by atoms with van der Waals surface area (Å²) in [5.74, 6) is 5.80. The van der Waals surface area contributed by atoms with Crippen molar-refractivity contribution in [2.24, 2.45) is 0 Å². The maximum Gasteiger partial charge on any atom is 0.0579 e. The van der Waals surface area contributed by atoms with Gasteiger partial charge in [-0.15, -0.1) is 5.92 Å². The second kappa shape index (κ2) is 3.49. The third kappa shape index (κ3) is 2.05. The molecule has 1 saturated heterocycles. The first-order chi connectivity index (χ1) is 4.43. The Bertz CT molecular complexity index is 128. The van der Waals surface area contributed by atoms with Crippen LogP contribution in [0.15, 0.2) is 0 Å². The van der Waals surface area contributed by atoms with Crippen LogP contribution in [-0.2, 0) is 0 Å². The molecule has 0 aliphatic carbocycles. The van der Waals surface area contributed by atoms with Crippen LogP contribution in [0.5, 0.6) is 0 Å². The van der Waals surface area contributed by atoms with E-state index in [0.29, 0.717) is 6.04 Å². The molecule has 0 bridgehead atoms. The summed E-state index contributed by atoms with van der Waals surface area (Å²) in [4.78, 5) is 0. The number of hydrogen-bond acceptors (Lipinski definition) is 2. The standard InChI is InChI=1S/C7H12N2/c1-2-3-4-9-7-5-8-6-7/h7-9H,4-6H2,1H3. The zero-order chi connectivity index (χ0) is 6.53.